The molecule has 226 valence electrons. The fourth-order valence-corrected chi connectivity index (χ4v) is 7.31. The molecule has 2 aliphatic heterocycles. The fourth-order valence-electron chi connectivity index (χ4n) is 4.87. The van der Waals surface area contributed by atoms with Crippen LogP contribution >= 0.6 is 23.5 Å². The van der Waals surface area contributed by atoms with Gasteiger partial charge in [0.15, 0.2) is 6.10 Å². The van der Waals surface area contributed by atoms with Crippen LogP contribution in [0.25, 0.3) is 5.78 Å². The highest BCUT2D eigenvalue weighted by atomic mass is 32.2. The SMILES string of the molecule is CC(C)(C)OC(=O)NC1S[C@@H]2CC(=O)N2C(C(=O)OC(c2ccccc2)c2ccccc2)=C1CSc1ccn2cnnc2n1. The van der Waals surface area contributed by atoms with Crippen LogP contribution in [0.3, 0.4) is 0 Å². The summed E-state index contributed by atoms with van der Waals surface area (Å²) in [4.78, 5) is 46.2. The van der Waals surface area contributed by atoms with Crippen molar-refractivity contribution < 1.29 is 23.9 Å². The molecule has 1 N–H and O–H groups in total. The maximum Gasteiger partial charge on any atom is 0.408 e. The summed E-state index contributed by atoms with van der Waals surface area (Å²) in [5, 5.41) is 10.5. The predicted octanol–water partition coefficient (Wildman–Crippen LogP) is 4.96. The van der Waals surface area contributed by atoms with Gasteiger partial charge >= 0.3 is 12.1 Å². The minimum atomic E-state index is -0.724. The lowest BCUT2D eigenvalue weighted by Gasteiger charge is -2.47. The van der Waals surface area contributed by atoms with Crippen molar-refractivity contribution in [3.05, 3.63) is 102 Å². The molecular formula is C31H30N6O5S2. The van der Waals surface area contributed by atoms with Gasteiger partial charge in [0.25, 0.3) is 5.78 Å². The highest BCUT2D eigenvalue weighted by Crippen LogP contribution is 2.45. The number of hydrogen-bond acceptors (Lipinski definition) is 10. The van der Waals surface area contributed by atoms with Crippen LogP contribution < -0.4 is 5.32 Å². The van der Waals surface area contributed by atoms with E-state index in [1.807, 2.05) is 66.7 Å². The van der Waals surface area contributed by atoms with E-state index in [0.29, 0.717) is 16.4 Å². The molecule has 1 saturated heterocycles. The zero-order valence-corrected chi connectivity index (χ0v) is 25.9. The molecule has 0 radical (unpaired) electrons. The van der Waals surface area contributed by atoms with E-state index in [2.05, 4.69) is 20.5 Å². The van der Waals surface area contributed by atoms with E-state index < -0.39 is 29.1 Å². The maximum atomic E-state index is 14.2. The summed E-state index contributed by atoms with van der Waals surface area (Å²) in [6, 6.07) is 20.7. The Morgan fingerprint density at radius 3 is 2.39 bits per heavy atom. The maximum absolute atomic E-state index is 14.2. The molecule has 11 nitrogen and oxygen atoms in total. The van der Waals surface area contributed by atoms with E-state index in [-0.39, 0.29) is 29.2 Å². The Balaban J connectivity index is 1.38. The molecule has 2 aromatic heterocycles. The summed E-state index contributed by atoms with van der Waals surface area (Å²) < 4.78 is 13.5. The summed E-state index contributed by atoms with van der Waals surface area (Å²) in [5.74, 6) is -0.190. The van der Waals surface area contributed by atoms with E-state index in [0.717, 1.165) is 11.1 Å². The first-order valence-corrected chi connectivity index (χ1v) is 15.9. The molecule has 2 amide bonds. The number of β-lactam (4-membered cyclic amide) rings is 1. The minimum Gasteiger partial charge on any atom is -0.448 e. The Morgan fingerprint density at radius 2 is 1.75 bits per heavy atom. The van der Waals surface area contributed by atoms with Crippen molar-refractivity contribution >= 4 is 47.3 Å². The van der Waals surface area contributed by atoms with Gasteiger partial charge in [0.1, 0.15) is 28.0 Å². The van der Waals surface area contributed by atoms with Gasteiger partial charge in [-0.05, 0) is 38.0 Å². The van der Waals surface area contributed by atoms with E-state index in [1.54, 1.807) is 37.7 Å². The number of amides is 2. The Labute approximate surface area is 262 Å². The molecule has 0 aliphatic carbocycles. The fraction of sp³-hybridized carbons (Fsp3) is 0.290. The van der Waals surface area contributed by atoms with Gasteiger partial charge in [-0.3, -0.25) is 14.1 Å². The molecule has 44 heavy (non-hydrogen) atoms. The van der Waals surface area contributed by atoms with Crippen molar-refractivity contribution in [2.24, 2.45) is 0 Å². The molecule has 0 spiro atoms. The quantitative estimate of drug-likeness (QED) is 0.124. The number of nitrogens with zero attached hydrogens (tertiary/aromatic N) is 5. The number of nitrogens with one attached hydrogen (secondary N) is 1. The van der Waals surface area contributed by atoms with Crippen LogP contribution in [-0.2, 0) is 19.1 Å². The van der Waals surface area contributed by atoms with Gasteiger partial charge in [0.05, 0.1) is 11.8 Å². The normalized spacial score (nSPS) is 18.2. The zero-order chi connectivity index (χ0) is 30.8. The summed E-state index contributed by atoms with van der Waals surface area (Å²) in [6.45, 7) is 5.34. The number of esters is 1. The number of hydrogen-bond donors (Lipinski definition) is 1. The highest BCUT2D eigenvalue weighted by Gasteiger charge is 2.50. The van der Waals surface area contributed by atoms with Crippen molar-refractivity contribution in [3.8, 4) is 0 Å². The number of benzene rings is 2. The van der Waals surface area contributed by atoms with Crippen molar-refractivity contribution in [1.29, 1.82) is 0 Å². The number of alkyl carbamates (subject to hydrolysis) is 1. The molecule has 2 aliphatic rings. The summed E-state index contributed by atoms with van der Waals surface area (Å²) in [7, 11) is 0. The predicted molar refractivity (Wildman–Crippen MR) is 165 cm³/mol. The second kappa shape index (κ2) is 12.3. The molecule has 4 heterocycles. The third-order valence-electron chi connectivity index (χ3n) is 6.85. The Bertz CT molecular complexity index is 1680. The first-order chi connectivity index (χ1) is 21.2. The van der Waals surface area contributed by atoms with Gasteiger partial charge in [0.2, 0.25) is 5.91 Å². The summed E-state index contributed by atoms with van der Waals surface area (Å²) in [5.41, 5.74) is 1.49. The van der Waals surface area contributed by atoms with E-state index in [4.69, 9.17) is 9.47 Å². The smallest absolute Gasteiger partial charge is 0.408 e. The third-order valence-corrected chi connectivity index (χ3v) is 9.19. The van der Waals surface area contributed by atoms with Gasteiger partial charge in [-0.1, -0.05) is 60.7 Å². The number of ether oxygens (including phenoxy) is 2. The lowest BCUT2D eigenvalue weighted by Crippen LogP contribution is -2.58. The molecule has 1 fully saturated rings. The minimum absolute atomic E-state index is 0.124. The van der Waals surface area contributed by atoms with E-state index >= 15 is 0 Å². The summed E-state index contributed by atoms with van der Waals surface area (Å²) >= 11 is 2.74. The lowest BCUT2D eigenvalue weighted by atomic mass is 10.0. The lowest BCUT2D eigenvalue weighted by molar-refractivity contribution is -0.151. The highest BCUT2D eigenvalue weighted by molar-refractivity contribution is 8.01. The van der Waals surface area contributed by atoms with Crippen LogP contribution in [0.5, 0.6) is 0 Å². The molecule has 0 saturated carbocycles. The second-order valence-corrected chi connectivity index (χ2v) is 13.4. The average Bonchev–Trinajstić information content (AvgIpc) is 3.46. The number of rotatable bonds is 8. The molecule has 2 atom stereocenters. The largest absolute Gasteiger partial charge is 0.448 e. The number of fused-ring (bicyclic) bond motifs is 2. The zero-order valence-electron chi connectivity index (χ0n) is 24.2. The number of aromatic nitrogens is 4. The number of thioether (sulfide) groups is 2. The van der Waals surface area contributed by atoms with Crippen LogP contribution in [0.4, 0.5) is 4.79 Å². The van der Waals surface area contributed by atoms with Gasteiger partial charge in [-0.2, -0.15) is 0 Å². The molecule has 0 bridgehead atoms. The van der Waals surface area contributed by atoms with Gasteiger partial charge < -0.3 is 14.8 Å². The third kappa shape index (κ3) is 6.43. The van der Waals surface area contributed by atoms with Crippen LogP contribution in [-0.4, -0.2) is 64.6 Å². The van der Waals surface area contributed by atoms with Gasteiger partial charge in [0, 0.05) is 17.5 Å². The van der Waals surface area contributed by atoms with Gasteiger partial charge in [-0.15, -0.1) is 33.7 Å². The topological polar surface area (TPSA) is 128 Å². The first kappa shape index (κ1) is 29.7. The standard InChI is InChI=1S/C31H30N6O5S2/c1-31(2,3)42-30(40)34-27-21(17-43-22-14-15-36-18-32-35-29(36)33-22)25(37-23(38)16-24(37)44-27)28(39)41-26(19-10-6-4-7-11-19)20-12-8-5-9-13-20/h4-15,18,24,26-27H,16-17H2,1-3H3,(H,34,40)/t24-,27?/m1/s1. The van der Waals surface area contributed by atoms with Gasteiger partial charge in [-0.25, -0.2) is 14.6 Å². The molecule has 4 aromatic rings. The Morgan fingerprint density at radius 1 is 1.07 bits per heavy atom. The molecule has 2 aromatic carbocycles. The van der Waals surface area contributed by atoms with E-state index in [1.165, 1.54) is 28.4 Å². The molecule has 13 heteroatoms. The Kier molecular flexibility index (Phi) is 8.32. The van der Waals surface area contributed by atoms with E-state index in [9.17, 15) is 14.4 Å². The van der Waals surface area contributed by atoms with Crippen LogP contribution in [0.2, 0.25) is 0 Å². The second-order valence-electron chi connectivity index (χ2n) is 11.2. The van der Waals surface area contributed by atoms with Crippen molar-refractivity contribution in [3.63, 3.8) is 0 Å². The van der Waals surface area contributed by atoms with Crippen LogP contribution in [0.15, 0.2) is 95.6 Å². The van der Waals surface area contributed by atoms with Crippen molar-refractivity contribution in [1.82, 2.24) is 29.8 Å². The Hall–Kier alpha value is -4.36. The first-order valence-electron chi connectivity index (χ1n) is 14.0. The van der Waals surface area contributed by atoms with Crippen molar-refractivity contribution in [2.75, 3.05) is 5.75 Å². The molecular weight excluding hydrogens is 601 g/mol. The summed E-state index contributed by atoms with van der Waals surface area (Å²) in [6.07, 6.45) is 2.24. The molecule has 6 rings (SSSR count). The van der Waals surface area contributed by atoms with Crippen molar-refractivity contribution in [2.45, 2.75) is 54.7 Å². The monoisotopic (exact) mass is 630 g/mol. The number of carbonyl (C=O) groups excluding carboxylic acids is 3. The number of carbonyl (C=O) groups is 3. The average molecular weight is 631 g/mol. The van der Waals surface area contributed by atoms with Crippen LogP contribution in [0, 0.1) is 0 Å². The molecule has 1 unspecified atom stereocenters. The van der Waals surface area contributed by atoms with Crippen LogP contribution in [0.1, 0.15) is 44.4 Å².